The lowest BCUT2D eigenvalue weighted by molar-refractivity contribution is -0.159. The van der Waals surface area contributed by atoms with Crippen molar-refractivity contribution < 1.29 is 24.5 Å². The maximum Gasteiger partial charge on any atom is 0.306 e. The van der Waals surface area contributed by atoms with E-state index in [0.29, 0.717) is 30.3 Å². The zero-order chi connectivity index (χ0) is 12.8. The van der Waals surface area contributed by atoms with E-state index in [2.05, 4.69) is 0 Å². The Morgan fingerprint density at radius 2 is 1.89 bits per heavy atom. The molecule has 0 atom stereocenters. The molecular weight excluding hydrogens is 236 g/mol. The van der Waals surface area contributed by atoms with E-state index in [1.54, 1.807) is 18.2 Å². The maximum atomic E-state index is 10.8. The Labute approximate surface area is 104 Å². The van der Waals surface area contributed by atoms with Gasteiger partial charge in [-0.05, 0) is 30.5 Å². The van der Waals surface area contributed by atoms with E-state index in [1.165, 1.54) is 0 Å². The second-order valence-electron chi connectivity index (χ2n) is 4.83. The third kappa shape index (κ3) is 1.71. The molecule has 0 aromatic heterocycles. The molecule has 1 aromatic carbocycles. The number of fused-ring (bicyclic) bond motifs is 1. The molecule has 3 rings (SSSR count). The van der Waals surface area contributed by atoms with Crippen LogP contribution in [0.5, 0.6) is 11.5 Å². The van der Waals surface area contributed by atoms with Gasteiger partial charge in [-0.25, -0.2) is 0 Å². The van der Waals surface area contributed by atoms with Crippen molar-refractivity contribution in [2.45, 2.75) is 18.4 Å². The number of ether oxygens (including phenoxy) is 2. The summed E-state index contributed by atoms with van der Waals surface area (Å²) >= 11 is 0. The highest BCUT2D eigenvalue weighted by Gasteiger charge is 2.47. The Morgan fingerprint density at radius 1 is 1.22 bits per heavy atom. The Bertz CT molecular complexity index is 490. The van der Waals surface area contributed by atoms with Gasteiger partial charge in [0.25, 0.3) is 0 Å². The number of carboxylic acids is 1. The molecule has 1 aromatic rings. The second-order valence-corrected chi connectivity index (χ2v) is 4.83. The summed E-state index contributed by atoms with van der Waals surface area (Å²) in [4.78, 5) is 10.8. The molecule has 0 saturated heterocycles. The van der Waals surface area contributed by atoms with E-state index in [9.17, 15) is 9.90 Å². The third-order valence-electron chi connectivity index (χ3n) is 3.60. The molecule has 1 aliphatic heterocycles. The fraction of sp³-hybridized carbons (Fsp3) is 0.462. The first-order valence-corrected chi connectivity index (χ1v) is 5.94. The van der Waals surface area contributed by atoms with Crippen LogP contribution in [0.2, 0.25) is 0 Å². The summed E-state index contributed by atoms with van der Waals surface area (Å²) in [6.45, 7) is 1.02. The summed E-state index contributed by atoms with van der Waals surface area (Å²) in [7, 11) is 0. The average Bonchev–Trinajstić information content (AvgIpc) is 2.34. The molecule has 1 fully saturated rings. The molecule has 0 amide bonds. The molecular formula is C13H14O5. The number of hydrogen-bond acceptors (Lipinski definition) is 4. The number of benzene rings is 1. The van der Waals surface area contributed by atoms with E-state index in [-0.39, 0.29) is 12.8 Å². The standard InChI is InChI=1S/C13H14O5/c14-12(15)8-6-13(16,7-8)9-1-2-10-11(5-9)18-4-3-17-10/h1-2,5,8,16H,3-4,6-7H2,(H,14,15). The number of aliphatic hydroxyl groups is 1. The predicted molar refractivity (Wildman–Crippen MR) is 61.7 cm³/mol. The van der Waals surface area contributed by atoms with Gasteiger partial charge in [0.1, 0.15) is 13.2 Å². The molecule has 0 unspecified atom stereocenters. The smallest absolute Gasteiger partial charge is 0.306 e. The van der Waals surface area contributed by atoms with Crippen molar-refractivity contribution in [3.8, 4) is 11.5 Å². The van der Waals surface area contributed by atoms with Crippen molar-refractivity contribution >= 4 is 5.97 Å². The summed E-state index contributed by atoms with van der Waals surface area (Å²) in [5.74, 6) is -0.0194. The van der Waals surface area contributed by atoms with Crippen LogP contribution in [0.25, 0.3) is 0 Å². The molecule has 0 bridgehead atoms. The van der Waals surface area contributed by atoms with Crippen molar-refractivity contribution in [2.75, 3.05) is 13.2 Å². The van der Waals surface area contributed by atoms with Gasteiger partial charge in [0.15, 0.2) is 11.5 Å². The van der Waals surface area contributed by atoms with Gasteiger partial charge in [0.2, 0.25) is 0 Å². The monoisotopic (exact) mass is 250 g/mol. The van der Waals surface area contributed by atoms with Gasteiger partial charge >= 0.3 is 5.97 Å². The largest absolute Gasteiger partial charge is 0.486 e. The SMILES string of the molecule is O=C(O)C1CC(O)(c2ccc3c(c2)OCCO3)C1. The minimum atomic E-state index is -1.04. The molecule has 5 nitrogen and oxygen atoms in total. The molecule has 0 spiro atoms. The Morgan fingerprint density at radius 3 is 2.56 bits per heavy atom. The number of rotatable bonds is 2. The van der Waals surface area contributed by atoms with E-state index in [1.807, 2.05) is 0 Å². The number of carbonyl (C=O) groups is 1. The van der Waals surface area contributed by atoms with Crippen LogP contribution in [0, 0.1) is 5.92 Å². The van der Waals surface area contributed by atoms with Crippen LogP contribution in [-0.2, 0) is 10.4 Å². The third-order valence-corrected chi connectivity index (χ3v) is 3.60. The van der Waals surface area contributed by atoms with Crippen molar-refractivity contribution in [3.05, 3.63) is 23.8 Å². The first-order valence-electron chi connectivity index (χ1n) is 5.94. The van der Waals surface area contributed by atoms with Gasteiger partial charge in [0.05, 0.1) is 11.5 Å². The highest BCUT2D eigenvalue weighted by Crippen LogP contribution is 2.47. The second kappa shape index (κ2) is 3.88. The number of aliphatic carboxylic acids is 1. The predicted octanol–water partition coefficient (Wildman–Crippen LogP) is 1.14. The molecule has 0 radical (unpaired) electrons. The van der Waals surface area contributed by atoms with E-state index < -0.39 is 17.5 Å². The summed E-state index contributed by atoms with van der Waals surface area (Å²) in [5, 5.41) is 19.2. The maximum absolute atomic E-state index is 10.8. The van der Waals surface area contributed by atoms with Gasteiger partial charge < -0.3 is 19.7 Å². The molecule has 5 heteroatoms. The van der Waals surface area contributed by atoms with Crippen LogP contribution in [-0.4, -0.2) is 29.4 Å². The van der Waals surface area contributed by atoms with Crippen LogP contribution in [0.1, 0.15) is 18.4 Å². The summed E-state index contributed by atoms with van der Waals surface area (Å²) in [5.41, 5.74) is -0.344. The van der Waals surface area contributed by atoms with E-state index in [4.69, 9.17) is 14.6 Å². The number of carboxylic acid groups (broad SMARTS) is 1. The fourth-order valence-corrected chi connectivity index (χ4v) is 2.50. The molecule has 1 heterocycles. The van der Waals surface area contributed by atoms with Crippen LogP contribution in [0.15, 0.2) is 18.2 Å². The first kappa shape index (κ1) is 11.3. The molecule has 96 valence electrons. The number of hydrogen-bond donors (Lipinski definition) is 2. The molecule has 2 aliphatic rings. The van der Waals surface area contributed by atoms with Gasteiger partial charge in [-0.2, -0.15) is 0 Å². The van der Waals surface area contributed by atoms with Crippen LogP contribution >= 0.6 is 0 Å². The Hall–Kier alpha value is -1.75. The molecule has 2 N–H and O–H groups in total. The van der Waals surface area contributed by atoms with E-state index in [0.717, 1.165) is 0 Å². The fourth-order valence-electron chi connectivity index (χ4n) is 2.50. The quantitative estimate of drug-likeness (QED) is 0.823. The average molecular weight is 250 g/mol. The van der Waals surface area contributed by atoms with Crippen LogP contribution in [0.4, 0.5) is 0 Å². The van der Waals surface area contributed by atoms with Crippen molar-refractivity contribution in [1.29, 1.82) is 0 Å². The van der Waals surface area contributed by atoms with Crippen molar-refractivity contribution in [2.24, 2.45) is 5.92 Å². The Balaban J connectivity index is 1.83. The highest BCUT2D eigenvalue weighted by atomic mass is 16.6. The molecule has 1 saturated carbocycles. The lowest BCUT2D eigenvalue weighted by Crippen LogP contribution is -2.44. The first-order chi connectivity index (χ1) is 8.58. The topological polar surface area (TPSA) is 76.0 Å². The lowest BCUT2D eigenvalue weighted by Gasteiger charge is -2.42. The lowest BCUT2D eigenvalue weighted by atomic mass is 9.67. The van der Waals surface area contributed by atoms with E-state index >= 15 is 0 Å². The molecule has 18 heavy (non-hydrogen) atoms. The van der Waals surface area contributed by atoms with Gasteiger partial charge in [-0.1, -0.05) is 6.07 Å². The van der Waals surface area contributed by atoms with Crippen molar-refractivity contribution in [3.63, 3.8) is 0 Å². The van der Waals surface area contributed by atoms with Crippen molar-refractivity contribution in [1.82, 2.24) is 0 Å². The van der Waals surface area contributed by atoms with Gasteiger partial charge in [0, 0.05) is 0 Å². The summed E-state index contributed by atoms with van der Waals surface area (Å²) in [6, 6.07) is 5.27. The summed E-state index contributed by atoms with van der Waals surface area (Å²) in [6.07, 6.45) is 0.504. The summed E-state index contributed by atoms with van der Waals surface area (Å²) < 4.78 is 10.9. The zero-order valence-electron chi connectivity index (χ0n) is 9.76. The van der Waals surface area contributed by atoms with Gasteiger partial charge in [-0.15, -0.1) is 0 Å². The molecule has 1 aliphatic carbocycles. The van der Waals surface area contributed by atoms with Gasteiger partial charge in [-0.3, -0.25) is 4.79 Å². The minimum Gasteiger partial charge on any atom is -0.486 e. The van der Waals surface area contributed by atoms with Crippen LogP contribution < -0.4 is 9.47 Å². The minimum absolute atomic E-state index is 0.252. The highest BCUT2D eigenvalue weighted by molar-refractivity contribution is 5.72. The van der Waals surface area contributed by atoms with Crippen LogP contribution in [0.3, 0.4) is 0 Å². The zero-order valence-corrected chi connectivity index (χ0v) is 9.76. The Kier molecular flexibility index (Phi) is 2.45. The normalized spacial score (nSPS) is 29.5.